The molecule has 16 heavy (non-hydrogen) atoms. The van der Waals surface area contributed by atoms with E-state index >= 15 is 0 Å². The molecule has 0 amide bonds. The molecule has 0 bridgehead atoms. The summed E-state index contributed by atoms with van der Waals surface area (Å²) in [6.45, 7) is 6.30. The van der Waals surface area contributed by atoms with Crippen LogP contribution in [0.3, 0.4) is 0 Å². The van der Waals surface area contributed by atoms with E-state index in [4.69, 9.17) is 9.84 Å². The van der Waals surface area contributed by atoms with Crippen LogP contribution < -0.4 is 9.64 Å². The highest BCUT2D eigenvalue weighted by atomic mass is 16.5. The Morgan fingerprint density at radius 1 is 1.44 bits per heavy atom. The van der Waals surface area contributed by atoms with E-state index in [2.05, 4.69) is 11.9 Å². The van der Waals surface area contributed by atoms with Gasteiger partial charge in [0, 0.05) is 19.3 Å². The quantitative estimate of drug-likeness (QED) is 0.765. The van der Waals surface area contributed by atoms with Gasteiger partial charge in [-0.3, -0.25) is 0 Å². The van der Waals surface area contributed by atoms with E-state index in [9.17, 15) is 0 Å². The first-order valence-corrected chi connectivity index (χ1v) is 5.77. The van der Waals surface area contributed by atoms with Gasteiger partial charge in [0.2, 0.25) is 0 Å². The molecule has 0 unspecified atom stereocenters. The average Bonchev–Trinajstić information content (AvgIpc) is 2.34. The molecular formula is C12H20N2O2. The molecule has 0 aliphatic carbocycles. The zero-order chi connectivity index (χ0) is 11.8. The van der Waals surface area contributed by atoms with Crippen LogP contribution in [0.5, 0.6) is 5.75 Å². The van der Waals surface area contributed by atoms with Crippen LogP contribution in [0.2, 0.25) is 0 Å². The van der Waals surface area contributed by atoms with Crippen LogP contribution in [0.1, 0.15) is 20.3 Å². The van der Waals surface area contributed by atoms with Crippen LogP contribution in [0, 0.1) is 0 Å². The van der Waals surface area contributed by atoms with Crippen molar-refractivity contribution >= 4 is 5.82 Å². The predicted molar refractivity (Wildman–Crippen MR) is 65.0 cm³/mol. The lowest BCUT2D eigenvalue weighted by Gasteiger charge is -2.23. The summed E-state index contributed by atoms with van der Waals surface area (Å²) in [4.78, 5) is 6.32. The predicted octanol–water partition coefficient (Wildman–Crippen LogP) is 1.69. The molecule has 4 nitrogen and oxygen atoms in total. The fraction of sp³-hybridized carbons (Fsp3) is 0.583. The maximum absolute atomic E-state index is 8.99. The first-order valence-electron chi connectivity index (χ1n) is 5.77. The molecule has 0 saturated heterocycles. The second kappa shape index (κ2) is 7.06. The van der Waals surface area contributed by atoms with Gasteiger partial charge in [0.15, 0.2) is 11.6 Å². The van der Waals surface area contributed by atoms with Gasteiger partial charge in [-0.1, -0.05) is 6.92 Å². The van der Waals surface area contributed by atoms with Crippen molar-refractivity contribution in [2.24, 2.45) is 0 Å². The lowest BCUT2D eigenvalue weighted by atomic mass is 10.3. The molecular weight excluding hydrogens is 204 g/mol. The third-order valence-corrected chi connectivity index (χ3v) is 2.26. The summed E-state index contributed by atoms with van der Waals surface area (Å²) in [5.74, 6) is 1.60. The minimum Gasteiger partial charge on any atom is -0.490 e. The summed E-state index contributed by atoms with van der Waals surface area (Å²) < 4.78 is 5.63. The number of hydrogen-bond donors (Lipinski definition) is 1. The molecule has 0 aliphatic rings. The van der Waals surface area contributed by atoms with Gasteiger partial charge in [-0.05, 0) is 25.5 Å². The molecule has 4 heteroatoms. The number of aliphatic hydroxyl groups excluding tert-OH is 1. The molecule has 0 aliphatic heterocycles. The topological polar surface area (TPSA) is 45.6 Å². The summed E-state index contributed by atoms with van der Waals surface area (Å²) in [6.07, 6.45) is 2.72. The molecule has 0 spiro atoms. The lowest BCUT2D eigenvalue weighted by Crippen LogP contribution is -2.27. The third kappa shape index (κ3) is 3.38. The molecule has 1 aromatic heterocycles. The van der Waals surface area contributed by atoms with E-state index in [0.717, 1.165) is 24.5 Å². The summed E-state index contributed by atoms with van der Waals surface area (Å²) in [6, 6.07) is 3.78. The number of anilines is 1. The van der Waals surface area contributed by atoms with Gasteiger partial charge in [-0.15, -0.1) is 0 Å². The fourth-order valence-electron chi connectivity index (χ4n) is 1.48. The number of aromatic nitrogens is 1. The smallest absolute Gasteiger partial charge is 0.171 e. The minimum absolute atomic E-state index is 0.123. The number of pyridine rings is 1. The molecule has 1 heterocycles. The largest absolute Gasteiger partial charge is 0.490 e. The van der Waals surface area contributed by atoms with E-state index in [1.807, 2.05) is 24.0 Å². The summed E-state index contributed by atoms with van der Waals surface area (Å²) in [5.41, 5.74) is 0. The summed E-state index contributed by atoms with van der Waals surface area (Å²) in [5, 5.41) is 8.99. The molecule has 1 rings (SSSR count). The standard InChI is InChI=1S/C12H20N2O2/c1-3-10-16-11-6-5-7-13-12(11)14(4-2)8-9-15/h5-7,15H,3-4,8-10H2,1-2H3. The average molecular weight is 224 g/mol. The normalized spacial score (nSPS) is 10.2. The van der Waals surface area contributed by atoms with Gasteiger partial charge in [0.05, 0.1) is 13.2 Å². The molecule has 0 radical (unpaired) electrons. The molecule has 0 fully saturated rings. The van der Waals surface area contributed by atoms with Crippen molar-refractivity contribution in [1.29, 1.82) is 0 Å². The second-order valence-electron chi connectivity index (χ2n) is 3.48. The molecule has 1 N–H and O–H groups in total. The van der Waals surface area contributed by atoms with Crippen LogP contribution in [-0.4, -0.2) is 36.4 Å². The molecule has 0 atom stereocenters. The second-order valence-corrected chi connectivity index (χ2v) is 3.48. The third-order valence-electron chi connectivity index (χ3n) is 2.26. The minimum atomic E-state index is 0.123. The van der Waals surface area contributed by atoms with Crippen molar-refractivity contribution in [2.45, 2.75) is 20.3 Å². The zero-order valence-corrected chi connectivity index (χ0v) is 10.0. The Balaban J connectivity index is 2.82. The van der Waals surface area contributed by atoms with E-state index < -0.39 is 0 Å². The van der Waals surface area contributed by atoms with E-state index in [1.54, 1.807) is 6.20 Å². The van der Waals surface area contributed by atoms with E-state index in [0.29, 0.717) is 13.2 Å². The van der Waals surface area contributed by atoms with E-state index in [1.165, 1.54) is 0 Å². The molecule has 1 aromatic rings. The molecule has 0 saturated carbocycles. The SMILES string of the molecule is CCCOc1cccnc1N(CC)CCO. The number of rotatable bonds is 7. The Kier molecular flexibility index (Phi) is 5.64. The Labute approximate surface area is 96.9 Å². The highest BCUT2D eigenvalue weighted by Gasteiger charge is 2.11. The first-order chi connectivity index (χ1) is 7.83. The maximum atomic E-state index is 8.99. The van der Waals surface area contributed by atoms with Gasteiger partial charge in [0.25, 0.3) is 0 Å². The summed E-state index contributed by atoms with van der Waals surface area (Å²) in [7, 11) is 0. The van der Waals surface area contributed by atoms with Gasteiger partial charge < -0.3 is 14.7 Å². The highest BCUT2D eigenvalue weighted by molar-refractivity contribution is 5.51. The fourth-order valence-corrected chi connectivity index (χ4v) is 1.48. The van der Waals surface area contributed by atoms with Crippen molar-refractivity contribution in [2.75, 3.05) is 31.2 Å². The van der Waals surface area contributed by atoms with E-state index in [-0.39, 0.29) is 6.61 Å². The van der Waals surface area contributed by atoms with Gasteiger partial charge in [0.1, 0.15) is 0 Å². The number of ether oxygens (including phenoxy) is 1. The van der Waals surface area contributed by atoms with Crippen LogP contribution in [-0.2, 0) is 0 Å². The van der Waals surface area contributed by atoms with Crippen LogP contribution in [0.4, 0.5) is 5.82 Å². The first kappa shape index (κ1) is 12.8. The van der Waals surface area contributed by atoms with Gasteiger partial charge in [-0.2, -0.15) is 0 Å². The number of hydrogen-bond acceptors (Lipinski definition) is 4. The Hall–Kier alpha value is -1.29. The van der Waals surface area contributed by atoms with Crippen LogP contribution in [0.15, 0.2) is 18.3 Å². The Bertz CT molecular complexity index is 305. The maximum Gasteiger partial charge on any atom is 0.171 e. The van der Waals surface area contributed by atoms with Crippen molar-refractivity contribution in [1.82, 2.24) is 4.98 Å². The van der Waals surface area contributed by atoms with Crippen molar-refractivity contribution in [3.63, 3.8) is 0 Å². The van der Waals surface area contributed by atoms with Crippen molar-refractivity contribution in [3.8, 4) is 5.75 Å². The number of nitrogens with zero attached hydrogens (tertiary/aromatic N) is 2. The molecule has 0 aromatic carbocycles. The number of likely N-dealkylation sites (N-methyl/N-ethyl adjacent to an activating group) is 1. The molecule has 90 valence electrons. The monoisotopic (exact) mass is 224 g/mol. The Morgan fingerprint density at radius 3 is 2.88 bits per heavy atom. The highest BCUT2D eigenvalue weighted by Crippen LogP contribution is 2.24. The lowest BCUT2D eigenvalue weighted by molar-refractivity contribution is 0.298. The zero-order valence-electron chi connectivity index (χ0n) is 10.0. The van der Waals surface area contributed by atoms with Crippen LogP contribution in [0.25, 0.3) is 0 Å². The van der Waals surface area contributed by atoms with Gasteiger partial charge >= 0.3 is 0 Å². The van der Waals surface area contributed by atoms with Crippen molar-refractivity contribution in [3.05, 3.63) is 18.3 Å². The van der Waals surface area contributed by atoms with Gasteiger partial charge in [-0.25, -0.2) is 4.98 Å². The number of aliphatic hydroxyl groups is 1. The Morgan fingerprint density at radius 2 is 2.25 bits per heavy atom. The van der Waals surface area contributed by atoms with Crippen LogP contribution >= 0.6 is 0 Å². The summed E-state index contributed by atoms with van der Waals surface area (Å²) >= 11 is 0. The van der Waals surface area contributed by atoms with Crippen molar-refractivity contribution < 1.29 is 9.84 Å².